The van der Waals surface area contributed by atoms with Crippen LogP contribution in [0.3, 0.4) is 0 Å². The molecule has 6 heteroatoms. The Labute approximate surface area is 128 Å². The summed E-state index contributed by atoms with van der Waals surface area (Å²) in [7, 11) is 0. The monoisotopic (exact) mass is 302 g/mol. The van der Waals surface area contributed by atoms with Crippen molar-refractivity contribution in [1.29, 1.82) is 0 Å². The molecule has 0 fully saturated rings. The number of para-hydroxylation sites is 1. The fraction of sp³-hybridized carbons (Fsp3) is 0.400. The van der Waals surface area contributed by atoms with Crippen LogP contribution in [0.15, 0.2) is 24.3 Å². The average molecular weight is 302 g/mol. The molecule has 0 saturated carbocycles. The maximum absolute atomic E-state index is 12.9. The molecule has 2 heterocycles. The summed E-state index contributed by atoms with van der Waals surface area (Å²) < 4.78 is 3.97. The molecule has 21 heavy (non-hydrogen) atoms. The molecule has 110 valence electrons. The number of nitrogens with one attached hydrogen (secondary N) is 1. The SMILES string of the molecule is CC(C)c1nnsc1C(=O)N1CCNCc2ccccc21. The van der Waals surface area contributed by atoms with Gasteiger partial charge >= 0.3 is 0 Å². The van der Waals surface area contributed by atoms with Crippen LogP contribution in [0, 0.1) is 0 Å². The van der Waals surface area contributed by atoms with E-state index in [1.54, 1.807) is 0 Å². The van der Waals surface area contributed by atoms with Crippen LogP contribution in [0.2, 0.25) is 0 Å². The van der Waals surface area contributed by atoms with Gasteiger partial charge in [0.15, 0.2) is 0 Å². The first kappa shape index (κ1) is 14.2. The minimum atomic E-state index is 0.00449. The Bertz CT molecular complexity index is 653. The Morgan fingerprint density at radius 3 is 3.00 bits per heavy atom. The second-order valence-corrected chi connectivity index (χ2v) is 6.16. The third kappa shape index (κ3) is 2.69. The van der Waals surface area contributed by atoms with Crippen molar-refractivity contribution in [3.8, 4) is 0 Å². The molecular formula is C15H18N4OS. The molecule has 1 aliphatic rings. The molecule has 0 radical (unpaired) electrons. The van der Waals surface area contributed by atoms with E-state index in [2.05, 4.69) is 21.0 Å². The number of carbonyl (C=O) groups is 1. The van der Waals surface area contributed by atoms with E-state index >= 15 is 0 Å². The number of rotatable bonds is 2. The molecule has 0 bridgehead atoms. The number of fused-ring (bicyclic) bond motifs is 1. The molecule has 5 nitrogen and oxygen atoms in total. The lowest BCUT2D eigenvalue weighted by molar-refractivity contribution is 0.0990. The van der Waals surface area contributed by atoms with Gasteiger partial charge in [-0.1, -0.05) is 36.5 Å². The predicted molar refractivity (Wildman–Crippen MR) is 83.8 cm³/mol. The molecule has 1 N–H and O–H groups in total. The van der Waals surface area contributed by atoms with Gasteiger partial charge in [-0.15, -0.1) is 5.10 Å². The van der Waals surface area contributed by atoms with Gasteiger partial charge in [-0.2, -0.15) is 0 Å². The number of amides is 1. The van der Waals surface area contributed by atoms with Crippen LogP contribution >= 0.6 is 11.5 Å². The van der Waals surface area contributed by atoms with Crippen molar-refractivity contribution in [2.24, 2.45) is 0 Å². The number of nitrogens with zero attached hydrogens (tertiary/aromatic N) is 3. The zero-order chi connectivity index (χ0) is 14.8. The van der Waals surface area contributed by atoms with Gasteiger partial charge in [0, 0.05) is 25.3 Å². The Balaban J connectivity index is 1.99. The molecule has 0 atom stereocenters. The molecule has 3 rings (SSSR count). The van der Waals surface area contributed by atoms with E-state index in [1.807, 2.05) is 36.9 Å². The lowest BCUT2D eigenvalue weighted by Gasteiger charge is -2.22. The molecule has 2 aromatic rings. The summed E-state index contributed by atoms with van der Waals surface area (Å²) in [5, 5.41) is 7.47. The van der Waals surface area contributed by atoms with Crippen LogP contribution < -0.4 is 10.2 Å². The number of hydrogen-bond acceptors (Lipinski definition) is 5. The first-order valence-corrected chi connectivity index (χ1v) is 7.88. The lowest BCUT2D eigenvalue weighted by Crippen LogP contribution is -2.34. The van der Waals surface area contributed by atoms with Crippen LogP contribution in [0.5, 0.6) is 0 Å². The zero-order valence-electron chi connectivity index (χ0n) is 12.2. The molecule has 0 unspecified atom stereocenters. The van der Waals surface area contributed by atoms with Crippen LogP contribution in [0.1, 0.15) is 40.7 Å². The van der Waals surface area contributed by atoms with E-state index in [0.29, 0.717) is 11.4 Å². The summed E-state index contributed by atoms with van der Waals surface area (Å²) in [5.74, 6) is 0.202. The Morgan fingerprint density at radius 1 is 1.38 bits per heavy atom. The molecule has 0 saturated heterocycles. The van der Waals surface area contributed by atoms with Crippen LogP contribution in [-0.4, -0.2) is 28.6 Å². The fourth-order valence-electron chi connectivity index (χ4n) is 2.52. The summed E-state index contributed by atoms with van der Waals surface area (Å²) in [6, 6.07) is 8.03. The molecule has 1 aliphatic heterocycles. The van der Waals surface area contributed by atoms with Gasteiger partial charge in [-0.3, -0.25) is 4.79 Å². The maximum Gasteiger partial charge on any atom is 0.271 e. The van der Waals surface area contributed by atoms with Crippen molar-refractivity contribution in [2.75, 3.05) is 18.0 Å². The third-order valence-electron chi connectivity index (χ3n) is 3.61. The predicted octanol–water partition coefficient (Wildman–Crippen LogP) is 2.41. The van der Waals surface area contributed by atoms with Crippen molar-refractivity contribution in [1.82, 2.24) is 14.9 Å². The van der Waals surface area contributed by atoms with Gasteiger partial charge in [-0.05, 0) is 29.1 Å². The lowest BCUT2D eigenvalue weighted by atomic mass is 10.1. The first-order valence-electron chi connectivity index (χ1n) is 7.11. The summed E-state index contributed by atoms with van der Waals surface area (Å²) in [6.45, 7) is 6.30. The highest BCUT2D eigenvalue weighted by Crippen LogP contribution is 2.27. The van der Waals surface area contributed by atoms with E-state index in [-0.39, 0.29) is 11.8 Å². The molecule has 1 aromatic carbocycles. The van der Waals surface area contributed by atoms with Gasteiger partial charge in [0.2, 0.25) is 0 Å². The van der Waals surface area contributed by atoms with E-state index in [0.717, 1.165) is 30.0 Å². The fourth-order valence-corrected chi connectivity index (χ4v) is 3.28. The van der Waals surface area contributed by atoms with Crippen molar-refractivity contribution in [3.05, 3.63) is 40.4 Å². The Kier molecular flexibility index (Phi) is 3.98. The van der Waals surface area contributed by atoms with Crippen molar-refractivity contribution in [2.45, 2.75) is 26.3 Å². The molecule has 0 spiro atoms. The highest BCUT2D eigenvalue weighted by molar-refractivity contribution is 7.08. The van der Waals surface area contributed by atoms with E-state index in [1.165, 1.54) is 11.5 Å². The van der Waals surface area contributed by atoms with E-state index in [9.17, 15) is 4.79 Å². The first-order chi connectivity index (χ1) is 10.2. The topological polar surface area (TPSA) is 58.1 Å². The van der Waals surface area contributed by atoms with Gasteiger partial charge in [0.05, 0.1) is 5.69 Å². The second-order valence-electron chi connectivity index (χ2n) is 5.40. The van der Waals surface area contributed by atoms with Crippen LogP contribution in [0.25, 0.3) is 0 Å². The highest BCUT2D eigenvalue weighted by Gasteiger charge is 2.27. The smallest absolute Gasteiger partial charge is 0.271 e. The number of hydrogen-bond donors (Lipinski definition) is 1. The van der Waals surface area contributed by atoms with Crippen LogP contribution in [0.4, 0.5) is 5.69 Å². The third-order valence-corrected chi connectivity index (χ3v) is 4.34. The number of anilines is 1. The second kappa shape index (κ2) is 5.91. The standard InChI is InChI=1S/C15H18N4OS/c1-10(2)13-14(21-18-17-13)15(20)19-8-7-16-9-11-5-3-4-6-12(11)19/h3-6,10,16H,7-9H2,1-2H3. The molecule has 0 aliphatic carbocycles. The minimum absolute atomic E-state index is 0.00449. The number of benzene rings is 1. The van der Waals surface area contributed by atoms with E-state index in [4.69, 9.17) is 0 Å². The number of carbonyl (C=O) groups excluding carboxylic acids is 1. The summed E-state index contributed by atoms with van der Waals surface area (Å²) in [4.78, 5) is 15.4. The Morgan fingerprint density at radius 2 is 2.19 bits per heavy atom. The summed E-state index contributed by atoms with van der Waals surface area (Å²) in [5.41, 5.74) is 2.92. The van der Waals surface area contributed by atoms with E-state index < -0.39 is 0 Å². The van der Waals surface area contributed by atoms with Gasteiger partial charge in [0.25, 0.3) is 5.91 Å². The number of aromatic nitrogens is 2. The maximum atomic E-state index is 12.9. The van der Waals surface area contributed by atoms with Crippen molar-refractivity contribution in [3.63, 3.8) is 0 Å². The average Bonchev–Trinajstić information content (AvgIpc) is 2.88. The van der Waals surface area contributed by atoms with Crippen LogP contribution in [-0.2, 0) is 6.54 Å². The Hall–Kier alpha value is -1.79. The normalized spacial score (nSPS) is 14.9. The quantitative estimate of drug-likeness (QED) is 0.925. The molecular weight excluding hydrogens is 284 g/mol. The summed E-state index contributed by atoms with van der Waals surface area (Å²) in [6.07, 6.45) is 0. The largest absolute Gasteiger partial charge is 0.311 e. The minimum Gasteiger partial charge on any atom is -0.311 e. The van der Waals surface area contributed by atoms with Crippen molar-refractivity contribution >= 4 is 23.1 Å². The van der Waals surface area contributed by atoms with Gasteiger partial charge < -0.3 is 10.2 Å². The summed E-state index contributed by atoms with van der Waals surface area (Å²) >= 11 is 1.19. The van der Waals surface area contributed by atoms with Gasteiger partial charge in [-0.25, -0.2) is 0 Å². The van der Waals surface area contributed by atoms with Crippen molar-refractivity contribution < 1.29 is 4.79 Å². The zero-order valence-corrected chi connectivity index (χ0v) is 13.0. The van der Waals surface area contributed by atoms with Gasteiger partial charge in [0.1, 0.15) is 4.88 Å². The molecule has 1 amide bonds. The molecule has 1 aromatic heterocycles. The highest BCUT2D eigenvalue weighted by atomic mass is 32.1.